The number of fused-ring (bicyclic) bond motifs is 1. The molecule has 2 rings (SSSR count). The van der Waals surface area contributed by atoms with Crippen molar-refractivity contribution in [3.05, 3.63) is 35.4 Å². The van der Waals surface area contributed by atoms with Gasteiger partial charge in [0, 0.05) is 13.1 Å². The standard InChI is InChI=1S/C11H15NO/c1-8-6-12-7-11(13)10-5-3-2-4-9(8)10/h2-5,8,11-13H,6-7H2,1H3. The molecule has 2 heteroatoms. The number of aliphatic hydroxyl groups is 1. The molecular formula is C11H15NO. The third kappa shape index (κ3) is 1.60. The molecule has 2 nitrogen and oxygen atoms in total. The lowest BCUT2D eigenvalue weighted by atomic mass is 9.94. The maximum absolute atomic E-state index is 9.80. The Balaban J connectivity index is 2.45. The fourth-order valence-corrected chi connectivity index (χ4v) is 1.92. The Morgan fingerprint density at radius 3 is 2.69 bits per heavy atom. The normalized spacial score (nSPS) is 27.8. The summed E-state index contributed by atoms with van der Waals surface area (Å²) >= 11 is 0. The average molecular weight is 177 g/mol. The second-order valence-corrected chi connectivity index (χ2v) is 3.70. The highest BCUT2D eigenvalue weighted by atomic mass is 16.3. The minimum atomic E-state index is -0.346. The molecule has 1 aliphatic heterocycles. The number of aliphatic hydroxyl groups excluding tert-OH is 1. The minimum Gasteiger partial charge on any atom is -0.387 e. The van der Waals surface area contributed by atoms with Crippen LogP contribution in [-0.4, -0.2) is 18.2 Å². The maximum atomic E-state index is 9.80. The summed E-state index contributed by atoms with van der Waals surface area (Å²) in [6, 6.07) is 8.15. The molecule has 1 aliphatic rings. The van der Waals surface area contributed by atoms with E-state index in [-0.39, 0.29) is 6.10 Å². The molecule has 0 radical (unpaired) electrons. The lowest BCUT2D eigenvalue weighted by Gasteiger charge is -2.13. The molecule has 0 spiro atoms. The summed E-state index contributed by atoms with van der Waals surface area (Å²) in [5, 5.41) is 13.0. The number of hydrogen-bond donors (Lipinski definition) is 2. The van der Waals surface area contributed by atoms with Crippen LogP contribution >= 0.6 is 0 Å². The third-order valence-electron chi connectivity index (χ3n) is 2.67. The lowest BCUT2D eigenvalue weighted by Crippen LogP contribution is -2.21. The zero-order valence-corrected chi connectivity index (χ0v) is 7.83. The van der Waals surface area contributed by atoms with E-state index < -0.39 is 0 Å². The lowest BCUT2D eigenvalue weighted by molar-refractivity contribution is 0.178. The highest BCUT2D eigenvalue weighted by Crippen LogP contribution is 2.26. The smallest absolute Gasteiger partial charge is 0.0917 e. The summed E-state index contributed by atoms with van der Waals surface area (Å²) in [5.41, 5.74) is 2.36. The Hall–Kier alpha value is -0.860. The van der Waals surface area contributed by atoms with E-state index >= 15 is 0 Å². The maximum Gasteiger partial charge on any atom is 0.0917 e. The molecular weight excluding hydrogens is 162 g/mol. The SMILES string of the molecule is CC1CNCC(O)c2ccccc21. The van der Waals surface area contributed by atoms with Gasteiger partial charge in [0.05, 0.1) is 6.10 Å². The van der Waals surface area contributed by atoms with E-state index in [0.717, 1.165) is 12.1 Å². The molecule has 70 valence electrons. The first-order chi connectivity index (χ1) is 6.29. The van der Waals surface area contributed by atoms with Crippen molar-refractivity contribution >= 4 is 0 Å². The molecule has 13 heavy (non-hydrogen) atoms. The number of nitrogens with one attached hydrogen (secondary N) is 1. The Morgan fingerprint density at radius 1 is 1.23 bits per heavy atom. The van der Waals surface area contributed by atoms with Crippen LogP contribution in [0.1, 0.15) is 30.1 Å². The Morgan fingerprint density at radius 2 is 1.92 bits per heavy atom. The largest absolute Gasteiger partial charge is 0.387 e. The van der Waals surface area contributed by atoms with Gasteiger partial charge in [0.1, 0.15) is 0 Å². The third-order valence-corrected chi connectivity index (χ3v) is 2.67. The van der Waals surface area contributed by atoms with E-state index in [4.69, 9.17) is 0 Å². The van der Waals surface area contributed by atoms with Gasteiger partial charge in [-0.3, -0.25) is 0 Å². The summed E-state index contributed by atoms with van der Waals surface area (Å²) in [7, 11) is 0. The first-order valence-electron chi connectivity index (χ1n) is 4.76. The van der Waals surface area contributed by atoms with Crippen LogP contribution in [0.2, 0.25) is 0 Å². The van der Waals surface area contributed by atoms with Crippen molar-refractivity contribution in [3.8, 4) is 0 Å². The highest BCUT2D eigenvalue weighted by Gasteiger charge is 2.19. The molecule has 2 atom stereocenters. The van der Waals surface area contributed by atoms with Gasteiger partial charge in [0.2, 0.25) is 0 Å². The zero-order chi connectivity index (χ0) is 9.26. The van der Waals surface area contributed by atoms with Gasteiger partial charge in [-0.1, -0.05) is 31.2 Å². The first kappa shape index (κ1) is 8.73. The van der Waals surface area contributed by atoms with Crippen LogP contribution in [0.3, 0.4) is 0 Å². The van der Waals surface area contributed by atoms with E-state index in [1.54, 1.807) is 0 Å². The van der Waals surface area contributed by atoms with E-state index in [0.29, 0.717) is 12.5 Å². The number of rotatable bonds is 0. The van der Waals surface area contributed by atoms with Crippen LogP contribution in [0.4, 0.5) is 0 Å². The van der Waals surface area contributed by atoms with Gasteiger partial charge in [-0.15, -0.1) is 0 Å². The fraction of sp³-hybridized carbons (Fsp3) is 0.455. The van der Waals surface area contributed by atoms with Gasteiger partial charge in [-0.25, -0.2) is 0 Å². The van der Waals surface area contributed by atoms with Crippen molar-refractivity contribution in [1.29, 1.82) is 0 Å². The quantitative estimate of drug-likeness (QED) is 0.628. The van der Waals surface area contributed by atoms with Crippen molar-refractivity contribution in [2.75, 3.05) is 13.1 Å². The Labute approximate surface area is 78.6 Å². The van der Waals surface area contributed by atoms with E-state index in [2.05, 4.69) is 18.3 Å². The first-order valence-corrected chi connectivity index (χ1v) is 4.76. The average Bonchev–Trinajstić information content (AvgIpc) is 2.29. The molecule has 0 fully saturated rings. The molecule has 2 unspecified atom stereocenters. The Bertz CT molecular complexity index is 269. The molecule has 0 aromatic heterocycles. The molecule has 1 aromatic carbocycles. The topological polar surface area (TPSA) is 32.3 Å². The second kappa shape index (κ2) is 3.48. The molecule has 0 saturated carbocycles. The van der Waals surface area contributed by atoms with Crippen molar-refractivity contribution in [2.45, 2.75) is 18.9 Å². The Kier molecular flexibility index (Phi) is 2.34. The van der Waals surface area contributed by atoms with Gasteiger partial charge in [-0.05, 0) is 17.0 Å². The number of β-amino-alcohol motifs (C(OH)–C–C–N with tert-alkyl or cyclic N) is 1. The van der Waals surface area contributed by atoms with E-state index in [1.807, 2.05) is 18.2 Å². The molecule has 0 amide bonds. The monoisotopic (exact) mass is 177 g/mol. The van der Waals surface area contributed by atoms with Crippen LogP contribution in [0.5, 0.6) is 0 Å². The van der Waals surface area contributed by atoms with Gasteiger partial charge in [0.25, 0.3) is 0 Å². The van der Waals surface area contributed by atoms with Gasteiger partial charge in [0.15, 0.2) is 0 Å². The molecule has 1 heterocycles. The summed E-state index contributed by atoms with van der Waals surface area (Å²) in [4.78, 5) is 0. The number of benzene rings is 1. The molecule has 0 saturated heterocycles. The molecule has 1 aromatic rings. The van der Waals surface area contributed by atoms with Crippen molar-refractivity contribution in [3.63, 3.8) is 0 Å². The fourth-order valence-electron chi connectivity index (χ4n) is 1.92. The van der Waals surface area contributed by atoms with E-state index in [1.165, 1.54) is 5.56 Å². The second-order valence-electron chi connectivity index (χ2n) is 3.70. The molecule has 2 N–H and O–H groups in total. The van der Waals surface area contributed by atoms with Crippen molar-refractivity contribution in [2.24, 2.45) is 0 Å². The van der Waals surface area contributed by atoms with Crippen LogP contribution in [0, 0.1) is 0 Å². The van der Waals surface area contributed by atoms with Crippen LogP contribution < -0.4 is 5.32 Å². The predicted molar refractivity (Wildman–Crippen MR) is 52.7 cm³/mol. The molecule has 0 bridgehead atoms. The van der Waals surface area contributed by atoms with Crippen LogP contribution in [-0.2, 0) is 0 Å². The summed E-state index contributed by atoms with van der Waals surface area (Å²) in [6.45, 7) is 3.80. The van der Waals surface area contributed by atoms with Crippen LogP contribution in [0.25, 0.3) is 0 Å². The predicted octanol–water partition coefficient (Wildman–Crippen LogP) is 1.43. The van der Waals surface area contributed by atoms with Crippen LogP contribution in [0.15, 0.2) is 24.3 Å². The summed E-state index contributed by atoms with van der Waals surface area (Å²) in [5.74, 6) is 0.494. The zero-order valence-electron chi connectivity index (χ0n) is 7.83. The number of hydrogen-bond acceptors (Lipinski definition) is 2. The summed E-state index contributed by atoms with van der Waals surface area (Å²) in [6.07, 6.45) is -0.346. The highest BCUT2D eigenvalue weighted by molar-refractivity contribution is 5.33. The van der Waals surface area contributed by atoms with Crippen molar-refractivity contribution < 1.29 is 5.11 Å². The van der Waals surface area contributed by atoms with Gasteiger partial charge >= 0.3 is 0 Å². The van der Waals surface area contributed by atoms with E-state index in [9.17, 15) is 5.11 Å². The minimum absolute atomic E-state index is 0.346. The summed E-state index contributed by atoms with van der Waals surface area (Å²) < 4.78 is 0. The molecule has 0 aliphatic carbocycles. The van der Waals surface area contributed by atoms with Crippen molar-refractivity contribution in [1.82, 2.24) is 5.32 Å². The van der Waals surface area contributed by atoms with Gasteiger partial charge < -0.3 is 10.4 Å². The van der Waals surface area contributed by atoms with Gasteiger partial charge in [-0.2, -0.15) is 0 Å².